The molecule has 1 saturated heterocycles. The number of hydrogen-bond acceptors (Lipinski definition) is 2. The Kier molecular flexibility index (Phi) is 3.38. The molecule has 1 heterocycles. The molecule has 4 bridgehead atoms. The zero-order valence-electron chi connectivity index (χ0n) is 13.5. The minimum Gasteiger partial charge on any atom is -0.306 e. The Morgan fingerprint density at radius 3 is 1.95 bits per heavy atom. The molecule has 2 heteroatoms. The molecule has 5 rings (SSSR count). The average molecular weight is 276 g/mol. The average Bonchev–Trinajstić information content (AvgIpc) is 2.37. The molecule has 5 fully saturated rings. The van der Waals surface area contributed by atoms with Gasteiger partial charge < -0.3 is 9.80 Å². The molecule has 4 saturated carbocycles. The van der Waals surface area contributed by atoms with Gasteiger partial charge in [-0.1, -0.05) is 0 Å². The maximum atomic E-state index is 2.76. The van der Waals surface area contributed by atoms with E-state index in [1.165, 1.54) is 32.5 Å². The summed E-state index contributed by atoms with van der Waals surface area (Å²) in [6, 6.07) is 0.860. The maximum Gasteiger partial charge on any atom is 0.0117 e. The summed E-state index contributed by atoms with van der Waals surface area (Å²) in [5, 5.41) is 0. The normalized spacial score (nSPS) is 45.5. The van der Waals surface area contributed by atoms with E-state index >= 15 is 0 Å². The summed E-state index contributed by atoms with van der Waals surface area (Å²) in [6.45, 7) is 4.01. The second-order valence-corrected chi connectivity index (χ2v) is 8.87. The molecule has 0 unspecified atom stereocenters. The fourth-order valence-electron chi connectivity index (χ4n) is 6.58. The van der Waals surface area contributed by atoms with Gasteiger partial charge in [-0.05, 0) is 102 Å². The van der Waals surface area contributed by atoms with E-state index in [2.05, 4.69) is 23.9 Å². The van der Waals surface area contributed by atoms with Crippen molar-refractivity contribution in [3.8, 4) is 0 Å². The third kappa shape index (κ3) is 2.43. The van der Waals surface area contributed by atoms with Crippen molar-refractivity contribution >= 4 is 0 Å². The van der Waals surface area contributed by atoms with Crippen LogP contribution in [0.4, 0.5) is 0 Å². The highest BCUT2D eigenvalue weighted by atomic mass is 15.2. The molecule has 20 heavy (non-hydrogen) atoms. The molecule has 0 N–H and O–H groups in total. The lowest BCUT2D eigenvalue weighted by molar-refractivity contribution is -0.0730. The van der Waals surface area contributed by atoms with Crippen molar-refractivity contribution in [1.82, 2.24) is 9.80 Å². The van der Waals surface area contributed by atoms with Crippen LogP contribution in [0.1, 0.15) is 51.4 Å². The Balaban J connectivity index is 1.41. The van der Waals surface area contributed by atoms with Gasteiger partial charge in [-0.25, -0.2) is 0 Å². The van der Waals surface area contributed by atoms with Crippen molar-refractivity contribution in [3.63, 3.8) is 0 Å². The molecule has 0 atom stereocenters. The van der Waals surface area contributed by atoms with E-state index < -0.39 is 0 Å². The Hall–Kier alpha value is -0.0800. The topological polar surface area (TPSA) is 6.48 Å². The van der Waals surface area contributed by atoms with E-state index in [1.807, 2.05) is 0 Å². The van der Waals surface area contributed by atoms with Gasteiger partial charge in [-0.2, -0.15) is 0 Å². The highest BCUT2D eigenvalue weighted by Gasteiger charge is 2.51. The number of hydrogen-bond donors (Lipinski definition) is 0. The molecular formula is C18H32N2. The Bertz CT molecular complexity index is 321. The van der Waals surface area contributed by atoms with Crippen LogP contribution in [0.5, 0.6) is 0 Å². The van der Waals surface area contributed by atoms with Crippen molar-refractivity contribution in [3.05, 3.63) is 0 Å². The van der Waals surface area contributed by atoms with E-state index in [-0.39, 0.29) is 0 Å². The lowest BCUT2D eigenvalue weighted by atomic mass is 9.49. The van der Waals surface area contributed by atoms with E-state index in [4.69, 9.17) is 0 Å². The van der Waals surface area contributed by atoms with Crippen molar-refractivity contribution in [2.75, 3.05) is 33.7 Å². The second-order valence-electron chi connectivity index (χ2n) is 8.87. The number of nitrogens with zero attached hydrogens (tertiary/aromatic N) is 2. The molecule has 1 aliphatic heterocycles. The largest absolute Gasteiger partial charge is 0.306 e. The highest BCUT2D eigenvalue weighted by molar-refractivity contribution is 5.02. The molecule has 4 aliphatic carbocycles. The summed E-state index contributed by atoms with van der Waals surface area (Å²) in [5.74, 6) is 3.31. The van der Waals surface area contributed by atoms with Crippen LogP contribution < -0.4 is 0 Å². The summed E-state index contributed by atoms with van der Waals surface area (Å²) in [5.41, 5.74) is 0.729. The molecule has 0 amide bonds. The first-order chi connectivity index (χ1) is 9.62. The van der Waals surface area contributed by atoms with Crippen molar-refractivity contribution < 1.29 is 0 Å². The SMILES string of the molecule is CN1CCC(N(C)CC23CC4CC(CC(C4)C2)C3)CC1. The van der Waals surface area contributed by atoms with Crippen LogP contribution in [0.2, 0.25) is 0 Å². The number of rotatable bonds is 3. The standard InChI is InChI=1S/C18H32N2/c1-19-5-3-17(4-6-19)20(2)13-18-10-14-7-15(11-18)9-16(8-14)12-18/h14-17H,3-13H2,1-2H3. The van der Waals surface area contributed by atoms with Crippen molar-refractivity contribution in [2.45, 2.75) is 57.4 Å². The van der Waals surface area contributed by atoms with Crippen LogP contribution in [0.25, 0.3) is 0 Å². The Morgan fingerprint density at radius 1 is 0.950 bits per heavy atom. The molecule has 0 radical (unpaired) electrons. The van der Waals surface area contributed by atoms with Crippen LogP contribution >= 0.6 is 0 Å². The Morgan fingerprint density at radius 2 is 1.45 bits per heavy atom. The lowest BCUT2D eigenvalue weighted by Crippen LogP contribution is -2.53. The first kappa shape index (κ1) is 13.6. The summed E-state index contributed by atoms with van der Waals surface area (Å²) in [7, 11) is 4.70. The first-order valence-corrected chi connectivity index (χ1v) is 9.01. The van der Waals surface area contributed by atoms with Crippen LogP contribution in [-0.4, -0.2) is 49.6 Å². The molecule has 5 aliphatic rings. The van der Waals surface area contributed by atoms with Gasteiger partial charge in [0.05, 0.1) is 0 Å². The number of likely N-dealkylation sites (tertiary alicyclic amines) is 1. The fourth-order valence-corrected chi connectivity index (χ4v) is 6.58. The third-order valence-corrected chi connectivity index (χ3v) is 7.06. The zero-order valence-corrected chi connectivity index (χ0v) is 13.5. The van der Waals surface area contributed by atoms with E-state index in [9.17, 15) is 0 Å². The van der Waals surface area contributed by atoms with Gasteiger partial charge in [0, 0.05) is 12.6 Å². The summed E-state index contributed by atoms with van der Waals surface area (Å²) < 4.78 is 0. The molecular weight excluding hydrogens is 244 g/mol. The van der Waals surface area contributed by atoms with Crippen LogP contribution in [-0.2, 0) is 0 Å². The number of piperidine rings is 1. The second kappa shape index (κ2) is 4.98. The van der Waals surface area contributed by atoms with Gasteiger partial charge in [0.2, 0.25) is 0 Å². The van der Waals surface area contributed by atoms with Gasteiger partial charge in [0.1, 0.15) is 0 Å². The van der Waals surface area contributed by atoms with Crippen LogP contribution in [0, 0.1) is 23.2 Å². The molecule has 2 nitrogen and oxygen atoms in total. The van der Waals surface area contributed by atoms with Gasteiger partial charge >= 0.3 is 0 Å². The van der Waals surface area contributed by atoms with Gasteiger partial charge in [0.15, 0.2) is 0 Å². The maximum absolute atomic E-state index is 2.76. The van der Waals surface area contributed by atoms with E-state index in [1.54, 1.807) is 38.5 Å². The van der Waals surface area contributed by atoms with Crippen LogP contribution in [0.3, 0.4) is 0 Å². The first-order valence-electron chi connectivity index (χ1n) is 9.01. The van der Waals surface area contributed by atoms with Gasteiger partial charge in [-0.3, -0.25) is 0 Å². The van der Waals surface area contributed by atoms with E-state index in [0.717, 1.165) is 29.2 Å². The molecule has 0 aromatic heterocycles. The predicted octanol–water partition coefficient (Wildman–Crippen LogP) is 3.23. The monoisotopic (exact) mass is 276 g/mol. The highest BCUT2D eigenvalue weighted by Crippen LogP contribution is 2.60. The van der Waals surface area contributed by atoms with Gasteiger partial charge in [-0.15, -0.1) is 0 Å². The molecule has 0 aromatic rings. The molecule has 114 valence electrons. The van der Waals surface area contributed by atoms with Gasteiger partial charge in [0.25, 0.3) is 0 Å². The molecule has 0 aromatic carbocycles. The minimum atomic E-state index is 0.729. The zero-order chi connectivity index (χ0) is 13.7. The van der Waals surface area contributed by atoms with Crippen molar-refractivity contribution in [2.24, 2.45) is 23.2 Å². The Labute approximate surface area is 124 Å². The minimum absolute atomic E-state index is 0.729. The van der Waals surface area contributed by atoms with Crippen molar-refractivity contribution in [1.29, 1.82) is 0 Å². The summed E-state index contributed by atoms with van der Waals surface area (Å²) in [4.78, 5) is 5.26. The van der Waals surface area contributed by atoms with Crippen LogP contribution in [0.15, 0.2) is 0 Å². The summed E-state index contributed by atoms with van der Waals surface area (Å²) in [6.07, 6.45) is 12.2. The third-order valence-electron chi connectivity index (χ3n) is 7.06. The van der Waals surface area contributed by atoms with E-state index in [0.29, 0.717) is 0 Å². The smallest absolute Gasteiger partial charge is 0.0117 e. The fraction of sp³-hybridized carbons (Fsp3) is 1.00. The summed E-state index contributed by atoms with van der Waals surface area (Å²) >= 11 is 0. The predicted molar refractivity (Wildman–Crippen MR) is 83.8 cm³/mol. The molecule has 0 spiro atoms. The quantitative estimate of drug-likeness (QED) is 0.781. The lowest BCUT2D eigenvalue weighted by Gasteiger charge is -2.58.